The molecule has 0 radical (unpaired) electrons. The van der Waals surface area contributed by atoms with Gasteiger partial charge in [0.15, 0.2) is 0 Å². The first-order valence-electron chi connectivity index (χ1n) is 5.04. The van der Waals surface area contributed by atoms with Gasteiger partial charge in [-0.2, -0.15) is 0 Å². The SMILES string of the molecule is CN1CC(c2ccc(CNO)cc2Cl)C1. The van der Waals surface area contributed by atoms with E-state index in [1.54, 1.807) is 0 Å². The van der Waals surface area contributed by atoms with Gasteiger partial charge in [-0.3, -0.25) is 0 Å². The minimum Gasteiger partial charge on any atom is -0.316 e. The molecule has 0 aliphatic carbocycles. The van der Waals surface area contributed by atoms with Gasteiger partial charge in [0, 0.05) is 30.6 Å². The molecule has 1 aliphatic rings. The molecule has 2 N–H and O–H groups in total. The summed E-state index contributed by atoms with van der Waals surface area (Å²) in [5.41, 5.74) is 4.35. The van der Waals surface area contributed by atoms with Crippen molar-refractivity contribution in [3.63, 3.8) is 0 Å². The van der Waals surface area contributed by atoms with Crippen molar-refractivity contribution in [1.82, 2.24) is 10.4 Å². The Kier molecular flexibility index (Phi) is 3.26. The van der Waals surface area contributed by atoms with Gasteiger partial charge in [-0.25, -0.2) is 5.48 Å². The number of hydrogen-bond acceptors (Lipinski definition) is 3. The summed E-state index contributed by atoms with van der Waals surface area (Å²) in [4.78, 5) is 2.27. The van der Waals surface area contributed by atoms with Crippen LogP contribution < -0.4 is 5.48 Å². The van der Waals surface area contributed by atoms with E-state index in [-0.39, 0.29) is 0 Å². The van der Waals surface area contributed by atoms with Crippen LogP contribution in [0.5, 0.6) is 0 Å². The number of likely N-dealkylation sites (tertiary alicyclic amines) is 1. The third kappa shape index (κ3) is 2.32. The highest BCUT2D eigenvalue weighted by molar-refractivity contribution is 6.31. The third-order valence-corrected chi connectivity index (χ3v) is 3.18. The fourth-order valence-electron chi connectivity index (χ4n) is 2.00. The number of likely N-dealkylation sites (N-methyl/N-ethyl adjacent to an activating group) is 1. The summed E-state index contributed by atoms with van der Waals surface area (Å²) < 4.78 is 0. The molecule has 1 heterocycles. The van der Waals surface area contributed by atoms with Crippen LogP contribution in [0.15, 0.2) is 18.2 Å². The molecule has 0 bridgehead atoms. The second-order valence-electron chi connectivity index (χ2n) is 4.11. The lowest BCUT2D eigenvalue weighted by molar-refractivity contribution is 0.161. The molecule has 1 aliphatic heterocycles. The summed E-state index contributed by atoms with van der Waals surface area (Å²) in [7, 11) is 2.11. The second kappa shape index (κ2) is 4.49. The quantitative estimate of drug-likeness (QED) is 0.773. The van der Waals surface area contributed by atoms with E-state index in [1.165, 1.54) is 5.56 Å². The van der Waals surface area contributed by atoms with Gasteiger partial charge in [-0.05, 0) is 24.2 Å². The van der Waals surface area contributed by atoms with Crippen molar-refractivity contribution < 1.29 is 5.21 Å². The topological polar surface area (TPSA) is 35.5 Å². The smallest absolute Gasteiger partial charge is 0.0458 e. The first-order chi connectivity index (χ1) is 7.20. The molecule has 1 aromatic carbocycles. The number of rotatable bonds is 3. The maximum Gasteiger partial charge on any atom is 0.0458 e. The Morgan fingerprint density at radius 3 is 2.80 bits per heavy atom. The maximum atomic E-state index is 8.58. The molecule has 0 amide bonds. The molecule has 0 aromatic heterocycles. The molecular formula is C11H15ClN2O. The standard InChI is InChI=1S/C11H15ClN2O/c1-14-6-9(7-14)10-3-2-8(5-13-15)4-11(10)12/h2-4,9,13,15H,5-7H2,1H3. The zero-order valence-corrected chi connectivity index (χ0v) is 9.46. The zero-order valence-electron chi connectivity index (χ0n) is 8.70. The van der Waals surface area contributed by atoms with Crippen molar-refractivity contribution in [3.8, 4) is 0 Å². The van der Waals surface area contributed by atoms with Gasteiger partial charge in [-0.15, -0.1) is 0 Å². The molecule has 15 heavy (non-hydrogen) atoms. The van der Waals surface area contributed by atoms with Crippen LogP contribution in [0.1, 0.15) is 17.0 Å². The van der Waals surface area contributed by atoms with Crippen molar-refractivity contribution in [2.45, 2.75) is 12.5 Å². The largest absolute Gasteiger partial charge is 0.316 e. The summed E-state index contributed by atoms with van der Waals surface area (Å²) in [6.07, 6.45) is 0. The third-order valence-electron chi connectivity index (χ3n) is 2.85. The Balaban J connectivity index is 2.12. The van der Waals surface area contributed by atoms with Crippen molar-refractivity contribution in [1.29, 1.82) is 0 Å². The van der Waals surface area contributed by atoms with Crippen molar-refractivity contribution >= 4 is 11.6 Å². The van der Waals surface area contributed by atoms with E-state index >= 15 is 0 Å². The Labute approximate surface area is 94.6 Å². The van der Waals surface area contributed by atoms with Crippen LogP contribution in [0.3, 0.4) is 0 Å². The first kappa shape index (κ1) is 10.9. The summed E-state index contributed by atoms with van der Waals surface area (Å²) in [5, 5.41) is 9.39. The van der Waals surface area contributed by atoms with Gasteiger partial charge in [0.05, 0.1) is 0 Å². The lowest BCUT2D eigenvalue weighted by Crippen LogP contribution is -2.41. The number of benzene rings is 1. The first-order valence-corrected chi connectivity index (χ1v) is 5.42. The van der Waals surface area contributed by atoms with Crippen LogP contribution in [0.4, 0.5) is 0 Å². The highest BCUT2D eigenvalue weighted by Crippen LogP contribution is 2.31. The molecule has 0 atom stereocenters. The number of hydroxylamine groups is 1. The molecule has 1 fully saturated rings. The molecule has 0 saturated carbocycles. The number of nitrogens with zero attached hydrogens (tertiary/aromatic N) is 1. The molecule has 82 valence electrons. The number of hydrogen-bond donors (Lipinski definition) is 2. The van der Waals surface area contributed by atoms with Crippen molar-refractivity contribution in [2.24, 2.45) is 0 Å². The molecule has 0 unspecified atom stereocenters. The van der Waals surface area contributed by atoms with Gasteiger partial charge in [0.25, 0.3) is 0 Å². The van der Waals surface area contributed by atoms with Gasteiger partial charge in [0.1, 0.15) is 0 Å². The Morgan fingerprint density at radius 1 is 1.53 bits per heavy atom. The van der Waals surface area contributed by atoms with E-state index in [0.29, 0.717) is 12.5 Å². The molecule has 0 spiro atoms. The average Bonchev–Trinajstić information content (AvgIpc) is 2.15. The van der Waals surface area contributed by atoms with Gasteiger partial charge in [0.2, 0.25) is 0 Å². The van der Waals surface area contributed by atoms with E-state index in [2.05, 4.69) is 23.5 Å². The van der Waals surface area contributed by atoms with Crippen molar-refractivity contribution in [2.75, 3.05) is 20.1 Å². The summed E-state index contributed by atoms with van der Waals surface area (Å²) >= 11 is 6.19. The molecule has 3 nitrogen and oxygen atoms in total. The van der Waals surface area contributed by atoms with E-state index in [1.807, 2.05) is 12.1 Å². The normalized spacial score (nSPS) is 17.8. The highest BCUT2D eigenvalue weighted by atomic mass is 35.5. The van der Waals surface area contributed by atoms with Crippen LogP contribution in [-0.4, -0.2) is 30.2 Å². The molecule has 2 rings (SSSR count). The highest BCUT2D eigenvalue weighted by Gasteiger charge is 2.26. The molecule has 1 aromatic rings. The van der Waals surface area contributed by atoms with E-state index in [9.17, 15) is 0 Å². The predicted octanol–water partition coefficient (Wildman–Crippen LogP) is 1.85. The van der Waals surface area contributed by atoms with Crippen LogP contribution in [0.2, 0.25) is 5.02 Å². The second-order valence-corrected chi connectivity index (χ2v) is 4.52. The summed E-state index contributed by atoms with van der Waals surface area (Å²) in [5.74, 6) is 0.568. The van der Waals surface area contributed by atoms with Crippen LogP contribution >= 0.6 is 11.6 Å². The molecule has 1 saturated heterocycles. The van der Waals surface area contributed by atoms with Gasteiger partial charge < -0.3 is 10.1 Å². The minimum absolute atomic E-state index is 0.435. The lowest BCUT2D eigenvalue weighted by atomic mass is 9.91. The maximum absolute atomic E-state index is 8.58. The Morgan fingerprint density at radius 2 is 2.27 bits per heavy atom. The zero-order chi connectivity index (χ0) is 10.8. The number of nitrogens with one attached hydrogen (secondary N) is 1. The van der Waals surface area contributed by atoms with E-state index < -0.39 is 0 Å². The monoisotopic (exact) mass is 226 g/mol. The fraction of sp³-hybridized carbons (Fsp3) is 0.455. The predicted molar refractivity (Wildman–Crippen MR) is 60.3 cm³/mol. The van der Waals surface area contributed by atoms with Crippen LogP contribution in [0.25, 0.3) is 0 Å². The average molecular weight is 227 g/mol. The van der Waals surface area contributed by atoms with Crippen molar-refractivity contribution in [3.05, 3.63) is 34.3 Å². The van der Waals surface area contributed by atoms with Crippen LogP contribution in [-0.2, 0) is 6.54 Å². The summed E-state index contributed by atoms with van der Waals surface area (Å²) in [6.45, 7) is 2.60. The van der Waals surface area contributed by atoms with E-state index in [4.69, 9.17) is 16.8 Å². The number of halogens is 1. The molecule has 4 heteroatoms. The van der Waals surface area contributed by atoms with Crippen LogP contribution in [0, 0.1) is 0 Å². The summed E-state index contributed by atoms with van der Waals surface area (Å²) in [6, 6.07) is 5.98. The van der Waals surface area contributed by atoms with Gasteiger partial charge in [-0.1, -0.05) is 23.7 Å². The Bertz CT molecular complexity index is 350. The fourth-order valence-corrected chi connectivity index (χ4v) is 2.36. The Hall–Kier alpha value is -0.610. The van der Waals surface area contributed by atoms with Gasteiger partial charge >= 0.3 is 0 Å². The minimum atomic E-state index is 0.435. The van der Waals surface area contributed by atoms with E-state index in [0.717, 1.165) is 23.7 Å². The molecular weight excluding hydrogens is 212 g/mol. The lowest BCUT2D eigenvalue weighted by Gasteiger charge is -2.37.